The van der Waals surface area contributed by atoms with Crippen LogP contribution in [-0.4, -0.2) is 18.7 Å². The fourth-order valence-corrected chi connectivity index (χ4v) is 2.58. The zero-order valence-corrected chi connectivity index (χ0v) is 15.9. The Labute approximate surface area is 166 Å². The van der Waals surface area contributed by atoms with Crippen molar-refractivity contribution in [1.82, 2.24) is 5.43 Å². The Morgan fingerprint density at radius 1 is 1.15 bits per heavy atom. The molecule has 1 N–H and O–H groups in total. The highest BCUT2D eigenvalue weighted by Crippen LogP contribution is 2.29. The zero-order valence-electron chi connectivity index (χ0n) is 14.4. The Balaban J connectivity index is 1.53. The van der Waals surface area contributed by atoms with Crippen LogP contribution in [0.1, 0.15) is 11.3 Å². The average molecular weight is 403 g/mol. The molecular formula is C20H16Cl2N2O3. The van der Waals surface area contributed by atoms with Gasteiger partial charge in [0.05, 0.1) is 16.3 Å². The standard InChI is InChI=1S/C20H16Cl2N2O3/c1-13-3-2-4-15(9-13)26-12-20(25)24-23-11-16-6-8-19(27-16)14-5-7-17(21)18(22)10-14/h2-11H,12H2,1H3,(H,24,25)/b23-11+. The van der Waals surface area contributed by atoms with Gasteiger partial charge in [0.1, 0.15) is 17.3 Å². The van der Waals surface area contributed by atoms with Gasteiger partial charge in [-0.3, -0.25) is 4.79 Å². The van der Waals surface area contributed by atoms with Gasteiger partial charge < -0.3 is 9.15 Å². The zero-order chi connectivity index (χ0) is 19.2. The topological polar surface area (TPSA) is 63.8 Å². The maximum absolute atomic E-state index is 11.8. The van der Waals surface area contributed by atoms with Gasteiger partial charge in [-0.15, -0.1) is 0 Å². The second kappa shape index (κ2) is 8.75. The van der Waals surface area contributed by atoms with Crippen molar-refractivity contribution in [1.29, 1.82) is 0 Å². The minimum absolute atomic E-state index is 0.131. The van der Waals surface area contributed by atoms with E-state index in [1.807, 2.05) is 25.1 Å². The summed E-state index contributed by atoms with van der Waals surface area (Å²) in [6, 6.07) is 16.2. The first-order chi connectivity index (χ1) is 13.0. The third-order valence-electron chi connectivity index (χ3n) is 3.57. The Morgan fingerprint density at radius 2 is 2.00 bits per heavy atom. The van der Waals surface area contributed by atoms with Crippen molar-refractivity contribution in [2.75, 3.05) is 6.61 Å². The molecule has 0 bridgehead atoms. The SMILES string of the molecule is Cc1cccc(OCC(=O)N/N=C/c2ccc(-c3ccc(Cl)c(Cl)c3)o2)c1. The summed E-state index contributed by atoms with van der Waals surface area (Å²) in [5, 5.41) is 4.79. The monoisotopic (exact) mass is 402 g/mol. The molecular weight excluding hydrogens is 387 g/mol. The molecule has 1 amide bonds. The maximum Gasteiger partial charge on any atom is 0.277 e. The number of ether oxygens (including phenoxy) is 1. The number of hydrogen-bond donors (Lipinski definition) is 1. The van der Waals surface area contributed by atoms with Crippen LogP contribution < -0.4 is 10.2 Å². The van der Waals surface area contributed by atoms with Gasteiger partial charge in [-0.05, 0) is 55.0 Å². The Hall–Kier alpha value is -2.76. The van der Waals surface area contributed by atoms with Gasteiger partial charge in [0.15, 0.2) is 6.61 Å². The van der Waals surface area contributed by atoms with Gasteiger partial charge in [-0.2, -0.15) is 5.10 Å². The maximum atomic E-state index is 11.8. The first kappa shape index (κ1) is 19.0. The van der Waals surface area contributed by atoms with Crippen LogP contribution in [0.5, 0.6) is 5.75 Å². The van der Waals surface area contributed by atoms with E-state index in [0.717, 1.165) is 11.1 Å². The van der Waals surface area contributed by atoms with Crippen LogP contribution in [0, 0.1) is 6.92 Å². The van der Waals surface area contributed by atoms with Crippen molar-refractivity contribution in [3.05, 3.63) is 76.0 Å². The van der Waals surface area contributed by atoms with E-state index >= 15 is 0 Å². The van der Waals surface area contributed by atoms with Gasteiger partial charge in [0, 0.05) is 5.56 Å². The van der Waals surface area contributed by atoms with E-state index in [-0.39, 0.29) is 12.5 Å². The number of halogens is 2. The number of aryl methyl sites for hydroxylation is 1. The van der Waals surface area contributed by atoms with Crippen LogP contribution in [0.25, 0.3) is 11.3 Å². The molecule has 0 unspecified atom stereocenters. The highest BCUT2D eigenvalue weighted by molar-refractivity contribution is 6.42. The molecule has 0 radical (unpaired) electrons. The highest BCUT2D eigenvalue weighted by Gasteiger charge is 2.07. The van der Waals surface area contributed by atoms with Gasteiger partial charge in [-0.25, -0.2) is 5.43 Å². The van der Waals surface area contributed by atoms with Crippen LogP contribution in [0.15, 0.2) is 64.1 Å². The molecule has 0 saturated carbocycles. The number of nitrogens with zero attached hydrogens (tertiary/aromatic N) is 1. The quantitative estimate of drug-likeness (QED) is 0.461. The van der Waals surface area contributed by atoms with Gasteiger partial charge in [0.25, 0.3) is 5.91 Å². The summed E-state index contributed by atoms with van der Waals surface area (Å²) in [7, 11) is 0. The number of rotatable bonds is 6. The lowest BCUT2D eigenvalue weighted by molar-refractivity contribution is -0.123. The molecule has 0 aliphatic rings. The van der Waals surface area contributed by atoms with Gasteiger partial charge in [0.2, 0.25) is 0 Å². The number of benzene rings is 2. The summed E-state index contributed by atoms with van der Waals surface area (Å²) in [4.78, 5) is 11.8. The van der Waals surface area contributed by atoms with E-state index in [0.29, 0.717) is 27.3 Å². The first-order valence-corrected chi connectivity index (χ1v) is 8.83. The predicted molar refractivity (Wildman–Crippen MR) is 107 cm³/mol. The van der Waals surface area contributed by atoms with Gasteiger partial charge in [-0.1, -0.05) is 35.3 Å². The molecule has 3 aromatic rings. The largest absolute Gasteiger partial charge is 0.484 e. The Kier molecular flexibility index (Phi) is 6.16. The summed E-state index contributed by atoms with van der Waals surface area (Å²) < 4.78 is 11.1. The number of carbonyl (C=O) groups is 1. The molecule has 2 aromatic carbocycles. The van der Waals surface area contributed by atoms with Crippen molar-refractivity contribution < 1.29 is 13.9 Å². The molecule has 1 aromatic heterocycles. The predicted octanol–water partition coefficient (Wildman–Crippen LogP) is 5.09. The number of hydrazone groups is 1. The van der Waals surface area contributed by atoms with Gasteiger partial charge >= 0.3 is 0 Å². The Morgan fingerprint density at radius 3 is 2.78 bits per heavy atom. The molecule has 5 nitrogen and oxygen atoms in total. The lowest BCUT2D eigenvalue weighted by Crippen LogP contribution is -2.24. The Bertz CT molecular complexity index is 983. The molecule has 3 rings (SSSR count). The summed E-state index contributed by atoms with van der Waals surface area (Å²) in [6.07, 6.45) is 1.41. The van der Waals surface area contributed by atoms with E-state index < -0.39 is 0 Å². The van der Waals surface area contributed by atoms with Crippen LogP contribution in [-0.2, 0) is 4.79 Å². The summed E-state index contributed by atoms with van der Waals surface area (Å²) >= 11 is 11.9. The number of amides is 1. The van der Waals surface area contributed by atoms with Crippen molar-refractivity contribution in [3.8, 4) is 17.1 Å². The molecule has 0 atom stereocenters. The van der Waals surface area contributed by atoms with E-state index in [4.69, 9.17) is 32.4 Å². The molecule has 0 spiro atoms. The fourth-order valence-electron chi connectivity index (χ4n) is 2.28. The normalized spacial score (nSPS) is 10.9. The molecule has 0 saturated heterocycles. The summed E-state index contributed by atoms with van der Waals surface area (Å²) in [6.45, 7) is 1.82. The van der Waals surface area contributed by atoms with E-state index in [9.17, 15) is 4.79 Å². The average Bonchev–Trinajstić information content (AvgIpc) is 3.11. The molecule has 0 aliphatic heterocycles. The van der Waals surface area contributed by atoms with Crippen molar-refractivity contribution in [2.24, 2.45) is 5.10 Å². The van der Waals surface area contributed by atoms with Crippen LogP contribution in [0.3, 0.4) is 0 Å². The summed E-state index contributed by atoms with van der Waals surface area (Å²) in [5.41, 5.74) is 4.24. The van der Waals surface area contributed by atoms with Crippen LogP contribution >= 0.6 is 23.2 Å². The highest BCUT2D eigenvalue weighted by atomic mass is 35.5. The third-order valence-corrected chi connectivity index (χ3v) is 4.31. The number of nitrogens with one attached hydrogen (secondary N) is 1. The summed E-state index contributed by atoms with van der Waals surface area (Å²) in [5.74, 6) is 1.36. The number of furan rings is 1. The smallest absolute Gasteiger partial charge is 0.277 e. The second-order valence-corrected chi connectivity index (χ2v) is 6.54. The van der Waals surface area contributed by atoms with E-state index in [1.165, 1.54) is 6.21 Å². The van der Waals surface area contributed by atoms with Crippen LogP contribution in [0.2, 0.25) is 10.0 Å². The minimum atomic E-state index is -0.371. The third kappa shape index (κ3) is 5.36. The molecule has 27 heavy (non-hydrogen) atoms. The lowest BCUT2D eigenvalue weighted by Gasteiger charge is -2.05. The molecule has 1 heterocycles. The van der Waals surface area contributed by atoms with E-state index in [1.54, 1.807) is 36.4 Å². The second-order valence-electron chi connectivity index (χ2n) is 5.73. The number of hydrogen-bond acceptors (Lipinski definition) is 4. The lowest BCUT2D eigenvalue weighted by atomic mass is 10.2. The fraction of sp³-hybridized carbons (Fsp3) is 0.100. The molecule has 0 aliphatic carbocycles. The van der Waals surface area contributed by atoms with Crippen molar-refractivity contribution >= 4 is 35.3 Å². The molecule has 138 valence electrons. The molecule has 7 heteroatoms. The van der Waals surface area contributed by atoms with Crippen molar-refractivity contribution in [2.45, 2.75) is 6.92 Å². The minimum Gasteiger partial charge on any atom is -0.484 e. The van der Waals surface area contributed by atoms with Crippen molar-refractivity contribution in [3.63, 3.8) is 0 Å². The van der Waals surface area contributed by atoms with Crippen LogP contribution in [0.4, 0.5) is 0 Å². The first-order valence-electron chi connectivity index (χ1n) is 8.08. The van der Waals surface area contributed by atoms with E-state index in [2.05, 4.69) is 10.5 Å². The molecule has 0 fully saturated rings. The number of carbonyl (C=O) groups excluding carboxylic acids is 1.